The second kappa shape index (κ2) is 7.46. The highest BCUT2D eigenvalue weighted by Gasteiger charge is 2.23. The van der Waals surface area contributed by atoms with Crippen LogP contribution in [0.5, 0.6) is 0 Å². The van der Waals surface area contributed by atoms with Crippen molar-refractivity contribution in [1.29, 1.82) is 0 Å². The lowest BCUT2D eigenvalue weighted by Crippen LogP contribution is -2.42. The van der Waals surface area contributed by atoms with E-state index in [1.807, 2.05) is 0 Å². The molecule has 3 nitrogen and oxygen atoms in total. The minimum atomic E-state index is 0.523. The summed E-state index contributed by atoms with van der Waals surface area (Å²) in [4.78, 5) is 2.65. The van der Waals surface area contributed by atoms with Crippen LogP contribution < -0.4 is 5.32 Å². The van der Waals surface area contributed by atoms with Crippen LogP contribution in [0.4, 0.5) is 0 Å². The fraction of sp³-hybridized carbons (Fsp3) is 1.00. The number of hydrogen-bond donors (Lipinski definition) is 1. The first-order chi connectivity index (χ1) is 8.79. The summed E-state index contributed by atoms with van der Waals surface area (Å²) in [6.45, 7) is 9.02. The van der Waals surface area contributed by atoms with Crippen molar-refractivity contribution in [2.24, 2.45) is 0 Å². The van der Waals surface area contributed by atoms with Crippen LogP contribution in [0, 0.1) is 0 Å². The van der Waals surface area contributed by atoms with Gasteiger partial charge in [0.25, 0.3) is 0 Å². The third kappa shape index (κ3) is 4.87. The smallest absolute Gasteiger partial charge is 0.0599 e. The molecule has 2 fully saturated rings. The van der Waals surface area contributed by atoms with Crippen molar-refractivity contribution in [2.75, 3.05) is 26.2 Å². The van der Waals surface area contributed by atoms with Crippen molar-refractivity contribution in [3.63, 3.8) is 0 Å². The van der Waals surface area contributed by atoms with Gasteiger partial charge in [-0.05, 0) is 58.9 Å². The van der Waals surface area contributed by atoms with E-state index in [1.165, 1.54) is 58.2 Å². The lowest BCUT2D eigenvalue weighted by molar-refractivity contribution is 0.00485. The minimum Gasteiger partial charge on any atom is -0.378 e. The first-order valence-corrected chi connectivity index (χ1v) is 7.88. The topological polar surface area (TPSA) is 24.5 Å². The number of ether oxygens (including phenoxy) is 1. The lowest BCUT2D eigenvalue weighted by atomic mass is 10.0. The van der Waals surface area contributed by atoms with E-state index in [9.17, 15) is 0 Å². The Hall–Kier alpha value is -0.120. The van der Waals surface area contributed by atoms with E-state index in [0.29, 0.717) is 6.10 Å². The minimum absolute atomic E-state index is 0.523. The highest BCUT2D eigenvalue weighted by molar-refractivity contribution is 4.81. The van der Waals surface area contributed by atoms with Gasteiger partial charge in [-0.3, -0.25) is 0 Å². The van der Waals surface area contributed by atoms with Crippen molar-refractivity contribution in [3.05, 3.63) is 0 Å². The van der Waals surface area contributed by atoms with E-state index >= 15 is 0 Å². The number of hydrogen-bond acceptors (Lipinski definition) is 3. The van der Waals surface area contributed by atoms with Crippen LogP contribution in [-0.4, -0.2) is 49.3 Å². The van der Waals surface area contributed by atoms with E-state index < -0.39 is 0 Å². The molecule has 2 aliphatic rings. The number of nitrogens with zero attached hydrogens (tertiary/aromatic N) is 1. The van der Waals surface area contributed by atoms with Gasteiger partial charge in [0.1, 0.15) is 0 Å². The summed E-state index contributed by atoms with van der Waals surface area (Å²) in [5, 5.41) is 3.60. The Kier molecular flexibility index (Phi) is 5.93. The summed E-state index contributed by atoms with van der Waals surface area (Å²) >= 11 is 0. The molecule has 0 amide bonds. The zero-order valence-electron chi connectivity index (χ0n) is 12.2. The Labute approximate surface area is 112 Å². The first kappa shape index (κ1) is 14.3. The Morgan fingerprint density at radius 1 is 1.22 bits per heavy atom. The number of likely N-dealkylation sites (tertiary alicyclic amines) is 1. The lowest BCUT2D eigenvalue weighted by Gasteiger charge is -2.36. The van der Waals surface area contributed by atoms with Crippen LogP contribution in [0.2, 0.25) is 0 Å². The van der Waals surface area contributed by atoms with Crippen LogP contribution in [0.15, 0.2) is 0 Å². The predicted molar refractivity (Wildman–Crippen MR) is 75.9 cm³/mol. The normalized spacial score (nSPS) is 24.3. The highest BCUT2D eigenvalue weighted by atomic mass is 16.5. The maximum atomic E-state index is 5.71. The summed E-state index contributed by atoms with van der Waals surface area (Å²) < 4.78 is 5.71. The average molecular weight is 254 g/mol. The van der Waals surface area contributed by atoms with E-state index in [1.54, 1.807) is 0 Å². The number of nitrogens with one attached hydrogen (secondary N) is 1. The van der Waals surface area contributed by atoms with E-state index in [2.05, 4.69) is 24.1 Å². The second-order valence-corrected chi connectivity index (χ2v) is 5.91. The van der Waals surface area contributed by atoms with Gasteiger partial charge in [0.15, 0.2) is 0 Å². The molecule has 3 heteroatoms. The summed E-state index contributed by atoms with van der Waals surface area (Å²) in [6, 6.07) is 1.61. The third-order valence-electron chi connectivity index (χ3n) is 4.31. The Bertz CT molecular complexity index is 223. The molecular weight excluding hydrogens is 224 g/mol. The summed E-state index contributed by atoms with van der Waals surface area (Å²) in [7, 11) is 0. The maximum absolute atomic E-state index is 5.71. The standard InChI is InChI=1S/C15H30N2O/c1-3-18-15-8-11-17(12-9-15)13(2)5-4-10-16-14-6-7-14/h13-16H,3-12H2,1-2H3. The van der Waals surface area contributed by atoms with Gasteiger partial charge in [0.2, 0.25) is 0 Å². The summed E-state index contributed by atoms with van der Waals surface area (Å²) in [5.41, 5.74) is 0. The first-order valence-electron chi connectivity index (χ1n) is 7.88. The zero-order chi connectivity index (χ0) is 12.8. The van der Waals surface area contributed by atoms with E-state index in [0.717, 1.165) is 18.7 Å². The molecular formula is C15H30N2O. The predicted octanol–water partition coefficient (Wildman–Crippen LogP) is 2.41. The van der Waals surface area contributed by atoms with Crippen LogP contribution in [0.25, 0.3) is 0 Å². The number of rotatable bonds is 8. The van der Waals surface area contributed by atoms with Gasteiger partial charge in [0, 0.05) is 31.8 Å². The fourth-order valence-electron chi connectivity index (χ4n) is 2.89. The molecule has 1 unspecified atom stereocenters. The van der Waals surface area contributed by atoms with E-state index in [4.69, 9.17) is 4.74 Å². The SMILES string of the molecule is CCOC1CCN(C(C)CCCNC2CC2)CC1. The molecule has 0 aromatic carbocycles. The molecule has 0 radical (unpaired) electrons. The largest absolute Gasteiger partial charge is 0.378 e. The van der Waals surface area contributed by atoms with Crippen LogP contribution in [0.3, 0.4) is 0 Å². The van der Waals surface area contributed by atoms with Crippen molar-refractivity contribution in [3.8, 4) is 0 Å². The molecule has 2 rings (SSSR count). The van der Waals surface area contributed by atoms with Crippen LogP contribution in [-0.2, 0) is 4.74 Å². The molecule has 18 heavy (non-hydrogen) atoms. The molecule has 1 heterocycles. The molecule has 0 aromatic heterocycles. The summed E-state index contributed by atoms with van der Waals surface area (Å²) in [6.07, 6.45) is 8.43. The molecule has 0 spiro atoms. The Morgan fingerprint density at radius 3 is 2.56 bits per heavy atom. The molecule has 1 N–H and O–H groups in total. The van der Waals surface area contributed by atoms with Gasteiger partial charge in [-0.1, -0.05) is 0 Å². The third-order valence-corrected chi connectivity index (χ3v) is 4.31. The molecule has 1 saturated carbocycles. The maximum Gasteiger partial charge on any atom is 0.0599 e. The molecule has 106 valence electrons. The van der Waals surface area contributed by atoms with Gasteiger partial charge in [0.05, 0.1) is 6.10 Å². The zero-order valence-corrected chi connectivity index (χ0v) is 12.2. The number of piperidine rings is 1. The molecule has 1 aliphatic carbocycles. The van der Waals surface area contributed by atoms with Gasteiger partial charge in [-0.25, -0.2) is 0 Å². The van der Waals surface area contributed by atoms with Crippen molar-refractivity contribution >= 4 is 0 Å². The Balaban J connectivity index is 1.53. The van der Waals surface area contributed by atoms with Crippen LogP contribution in [0.1, 0.15) is 52.4 Å². The van der Waals surface area contributed by atoms with Crippen molar-refractivity contribution < 1.29 is 4.74 Å². The van der Waals surface area contributed by atoms with Gasteiger partial charge >= 0.3 is 0 Å². The second-order valence-electron chi connectivity index (χ2n) is 5.91. The highest BCUT2D eigenvalue weighted by Crippen LogP contribution is 2.20. The van der Waals surface area contributed by atoms with Gasteiger partial charge in [-0.15, -0.1) is 0 Å². The summed E-state index contributed by atoms with van der Waals surface area (Å²) in [5.74, 6) is 0. The van der Waals surface area contributed by atoms with Gasteiger partial charge < -0.3 is 15.0 Å². The Morgan fingerprint density at radius 2 is 1.94 bits per heavy atom. The fourth-order valence-corrected chi connectivity index (χ4v) is 2.89. The molecule has 0 aromatic rings. The van der Waals surface area contributed by atoms with Crippen molar-refractivity contribution in [1.82, 2.24) is 10.2 Å². The average Bonchev–Trinajstić information content (AvgIpc) is 3.20. The molecule has 0 bridgehead atoms. The van der Waals surface area contributed by atoms with Crippen LogP contribution >= 0.6 is 0 Å². The van der Waals surface area contributed by atoms with Gasteiger partial charge in [-0.2, -0.15) is 0 Å². The quantitative estimate of drug-likeness (QED) is 0.673. The monoisotopic (exact) mass is 254 g/mol. The molecule has 1 atom stereocenters. The van der Waals surface area contributed by atoms with E-state index in [-0.39, 0.29) is 0 Å². The molecule has 1 aliphatic heterocycles. The van der Waals surface area contributed by atoms with Crippen molar-refractivity contribution in [2.45, 2.75) is 70.6 Å². The molecule has 1 saturated heterocycles.